The molecule has 1 aromatic heterocycles. The number of carbonyl (C=O) groups is 1. The Kier molecular flexibility index (Phi) is 2.65. The fourth-order valence-electron chi connectivity index (χ4n) is 2.26. The summed E-state index contributed by atoms with van der Waals surface area (Å²) in [6, 6.07) is 1.12. The molecule has 2 heterocycles. The summed E-state index contributed by atoms with van der Waals surface area (Å²) in [5.74, 6) is -0.0242. The predicted octanol–water partition coefficient (Wildman–Crippen LogP) is 1.11. The zero-order chi connectivity index (χ0) is 11.0. The zero-order valence-electron chi connectivity index (χ0n) is 9.06. The molecule has 1 amide bonds. The van der Waals surface area contributed by atoms with Gasteiger partial charge >= 0.3 is 0 Å². The standard InChI is InChI=1S/C11H15N3OS/c15-11(10-6-16-7-12-10)13-8-3-4-14(5-8)9-1-2-9/h6-9H,1-5H2,(H,13,15). The summed E-state index contributed by atoms with van der Waals surface area (Å²) in [6.07, 6.45) is 3.76. The minimum Gasteiger partial charge on any atom is -0.347 e. The number of nitrogens with zero attached hydrogens (tertiary/aromatic N) is 2. The van der Waals surface area contributed by atoms with Crippen LogP contribution in [0.5, 0.6) is 0 Å². The van der Waals surface area contributed by atoms with Crippen molar-refractivity contribution in [3.63, 3.8) is 0 Å². The third-order valence-corrected chi connectivity index (χ3v) is 3.87. The molecule has 3 rings (SSSR count). The van der Waals surface area contributed by atoms with Gasteiger partial charge in [-0.25, -0.2) is 4.98 Å². The van der Waals surface area contributed by atoms with Crippen molar-refractivity contribution in [1.82, 2.24) is 15.2 Å². The van der Waals surface area contributed by atoms with Crippen molar-refractivity contribution >= 4 is 17.2 Å². The van der Waals surface area contributed by atoms with Gasteiger partial charge in [0.2, 0.25) is 0 Å². The molecule has 1 saturated carbocycles. The van der Waals surface area contributed by atoms with Crippen molar-refractivity contribution in [2.24, 2.45) is 0 Å². The van der Waals surface area contributed by atoms with Crippen LogP contribution in [0.25, 0.3) is 0 Å². The van der Waals surface area contributed by atoms with Gasteiger partial charge in [-0.3, -0.25) is 9.69 Å². The van der Waals surface area contributed by atoms with Crippen molar-refractivity contribution in [1.29, 1.82) is 0 Å². The van der Waals surface area contributed by atoms with Gasteiger partial charge in [0.1, 0.15) is 5.69 Å². The molecule has 0 radical (unpaired) electrons. The van der Waals surface area contributed by atoms with Crippen LogP contribution in [0.4, 0.5) is 0 Å². The van der Waals surface area contributed by atoms with E-state index < -0.39 is 0 Å². The molecule has 1 aromatic rings. The third kappa shape index (κ3) is 2.10. The first kappa shape index (κ1) is 10.2. The van der Waals surface area contributed by atoms with Crippen molar-refractivity contribution in [3.05, 3.63) is 16.6 Å². The lowest BCUT2D eigenvalue weighted by molar-refractivity contribution is 0.0933. The molecular formula is C11H15N3OS. The van der Waals surface area contributed by atoms with Crippen LogP contribution >= 0.6 is 11.3 Å². The molecule has 4 nitrogen and oxygen atoms in total. The molecule has 1 aliphatic heterocycles. The Morgan fingerprint density at radius 2 is 2.38 bits per heavy atom. The molecule has 0 aromatic carbocycles. The maximum Gasteiger partial charge on any atom is 0.271 e. The molecule has 1 unspecified atom stereocenters. The maximum atomic E-state index is 11.8. The van der Waals surface area contributed by atoms with E-state index >= 15 is 0 Å². The van der Waals surface area contributed by atoms with Crippen molar-refractivity contribution in [3.8, 4) is 0 Å². The average Bonchev–Trinajstić information content (AvgIpc) is 2.82. The summed E-state index contributed by atoms with van der Waals surface area (Å²) >= 11 is 1.46. The molecule has 86 valence electrons. The molecule has 16 heavy (non-hydrogen) atoms. The number of thiazole rings is 1. The van der Waals surface area contributed by atoms with Gasteiger partial charge in [0.15, 0.2) is 0 Å². The number of hydrogen-bond donors (Lipinski definition) is 1. The van der Waals surface area contributed by atoms with E-state index in [1.165, 1.54) is 24.2 Å². The van der Waals surface area contributed by atoms with Gasteiger partial charge in [0.25, 0.3) is 5.91 Å². The van der Waals surface area contributed by atoms with Crippen LogP contribution in [0.3, 0.4) is 0 Å². The summed E-state index contributed by atoms with van der Waals surface area (Å²) in [5.41, 5.74) is 2.25. The summed E-state index contributed by atoms with van der Waals surface area (Å²) in [5, 5.41) is 4.85. The van der Waals surface area contributed by atoms with Crippen LogP contribution in [0.1, 0.15) is 29.8 Å². The monoisotopic (exact) mass is 237 g/mol. The second kappa shape index (κ2) is 4.14. The number of carbonyl (C=O) groups excluding carboxylic acids is 1. The molecule has 1 atom stereocenters. The Labute approximate surface area is 98.7 Å². The number of hydrogen-bond acceptors (Lipinski definition) is 4. The van der Waals surface area contributed by atoms with E-state index in [0.29, 0.717) is 11.7 Å². The predicted molar refractivity (Wildman–Crippen MR) is 62.6 cm³/mol. The van der Waals surface area contributed by atoms with Crippen LogP contribution in [0.15, 0.2) is 10.9 Å². The second-order valence-corrected chi connectivity index (χ2v) is 5.28. The van der Waals surface area contributed by atoms with Gasteiger partial charge in [-0.05, 0) is 19.3 Å². The smallest absolute Gasteiger partial charge is 0.271 e. The lowest BCUT2D eigenvalue weighted by atomic mass is 10.2. The SMILES string of the molecule is O=C(NC1CCN(C2CC2)C1)c1cscn1. The van der Waals surface area contributed by atoms with Crippen molar-refractivity contribution < 1.29 is 4.79 Å². The molecule has 1 N–H and O–H groups in total. The first-order valence-electron chi connectivity index (χ1n) is 5.76. The van der Waals surface area contributed by atoms with E-state index in [2.05, 4.69) is 15.2 Å². The lowest BCUT2D eigenvalue weighted by Gasteiger charge is -2.15. The summed E-state index contributed by atoms with van der Waals surface area (Å²) < 4.78 is 0. The number of likely N-dealkylation sites (tertiary alicyclic amines) is 1. The van der Waals surface area contributed by atoms with Crippen LogP contribution in [-0.2, 0) is 0 Å². The topological polar surface area (TPSA) is 45.2 Å². The normalized spacial score (nSPS) is 25.9. The molecular weight excluding hydrogens is 222 g/mol. The van der Waals surface area contributed by atoms with Crippen molar-refractivity contribution in [2.75, 3.05) is 13.1 Å². The Balaban J connectivity index is 1.53. The van der Waals surface area contributed by atoms with E-state index in [1.54, 1.807) is 10.9 Å². The van der Waals surface area contributed by atoms with E-state index in [-0.39, 0.29) is 5.91 Å². The van der Waals surface area contributed by atoms with Crippen LogP contribution in [0, 0.1) is 0 Å². The number of nitrogens with one attached hydrogen (secondary N) is 1. The molecule has 5 heteroatoms. The Morgan fingerprint density at radius 1 is 1.50 bits per heavy atom. The minimum absolute atomic E-state index is 0.0242. The van der Waals surface area contributed by atoms with Crippen LogP contribution in [0.2, 0.25) is 0 Å². The van der Waals surface area contributed by atoms with Gasteiger partial charge in [-0.1, -0.05) is 0 Å². The molecule has 1 saturated heterocycles. The largest absolute Gasteiger partial charge is 0.347 e. The number of amides is 1. The van der Waals surface area contributed by atoms with Crippen LogP contribution in [-0.4, -0.2) is 41.0 Å². The van der Waals surface area contributed by atoms with Gasteiger partial charge in [-0.15, -0.1) is 11.3 Å². The molecule has 1 aliphatic carbocycles. The first-order valence-corrected chi connectivity index (χ1v) is 6.70. The number of rotatable bonds is 3. The zero-order valence-corrected chi connectivity index (χ0v) is 9.87. The third-order valence-electron chi connectivity index (χ3n) is 3.28. The molecule has 0 spiro atoms. The first-order chi connectivity index (χ1) is 7.83. The number of aromatic nitrogens is 1. The maximum absolute atomic E-state index is 11.8. The van der Waals surface area contributed by atoms with Gasteiger partial charge in [0, 0.05) is 30.6 Å². The Morgan fingerprint density at radius 3 is 3.06 bits per heavy atom. The summed E-state index contributed by atoms with van der Waals surface area (Å²) in [7, 11) is 0. The average molecular weight is 237 g/mol. The van der Waals surface area contributed by atoms with Gasteiger partial charge < -0.3 is 5.32 Å². The highest BCUT2D eigenvalue weighted by Gasteiger charge is 2.34. The fourth-order valence-corrected chi connectivity index (χ4v) is 2.79. The Bertz CT molecular complexity index is 375. The van der Waals surface area contributed by atoms with E-state index in [0.717, 1.165) is 25.6 Å². The highest BCUT2D eigenvalue weighted by atomic mass is 32.1. The van der Waals surface area contributed by atoms with E-state index in [1.807, 2.05) is 0 Å². The van der Waals surface area contributed by atoms with Crippen molar-refractivity contribution in [2.45, 2.75) is 31.3 Å². The minimum atomic E-state index is -0.0242. The summed E-state index contributed by atoms with van der Waals surface area (Å²) in [6.45, 7) is 2.15. The lowest BCUT2D eigenvalue weighted by Crippen LogP contribution is -2.37. The molecule has 2 fully saturated rings. The van der Waals surface area contributed by atoms with Gasteiger partial charge in [0.05, 0.1) is 5.51 Å². The second-order valence-electron chi connectivity index (χ2n) is 4.56. The van der Waals surface area contributed by atoms with E-state index in [9.17, 15) is 4.79 Å². The van der Waals surface area contributed by atoms with Gasteiger partial charge in [-0.2, -0.15) is 0 Å². The van der Waals surface area contributed by atoms with Crippen LogP contribution < -0.4 is 5.32 Å². The molecule has 2 aliphatic rings. The fraction of sp³-hybridized carbons (Fsp3) is 0.636. The Hall–Kier alpha value is -0.940. The quantitative estimate of drug-likeness (QED) is 0.856. The highest BCUT2D eigenvalue weighted by Crippen LogP contribution is 2.29. The molecule has 0 bridgehead atoms. The highest BCUT2D eigenvalue weighted by molar-refractivity contribution is 7.07. The van der Waals surface area contributed by atoms with E-state index in [4.69, 9.17) is 0 Å². The summed E-state index contributed by atoms with van der Waals surface area (Å²) in [4.78, 5) is 18.3.